The van der Waals surface area contributed by atoms with Gasteiger partial charge in [-0.25, -0.2) is 4.79 Å². The van der Waals surface area contributed by atoms with Crippen molar-refractivity contribution in [3.05, 3.63) is 0 Å². The first-order chi connectivity index (χ1) is 3.70. The van der Waals surface area contributed by atoms with Gasteiger partial charge in [0.05, 0.1) is 0 Å². The second-order valence-electron chi connectivity index (χ2n) is 1.37. The molecule has 1 rings (SSSR count). The highest BCUT2D eigenvalue weighted by Gasteiger charge is 2.26. The first-order valence-electron chi connectivity index (χ1n) is 1.99. The average Bonchev–Trinajstić information content (AvgIpc) is 1.85. The normalized spacial score (nSPS) is 27.4. The Morgan fingerprint density at radius 2 is 2.12 bits per heavy atom. The number of aliphatic hydroxyl groups excluding tert-OH is 1. The zero-order valence-electron chi connectivity index (χ0n) is 3.84. The number of carbonyl (C=O) groups is 2. The number of rotatable bonds is 0. The maximum atomic E-state index is 10.1. The van der Waals surface area contributed by atoms with Crippen LogP contribution in [0.15, 0.2) is 0 Å². The molecule has 5 nitrogen and oxygen atoms in total. The lowest BCUT2D eigenvalue weighted by Crippen LogP contribution is -2.27. The van der Waals surface area contributed by atoms with Crippen LogP contribution in [0, 0.1) is 0 Å². The van der Waals surface area contributed by atoms with E-state index in [1.807, 2.05) is 10.6 Å². The first kappa shape index (κ1) is 5.04. The van der Waals surface area contributed by atoms with Crippen molar-refractivity contribution < 1.29 is 14.7 Å². The lowest BCUT2D eigenvalue weighted by Gasteiger charge is -1.90. The molecule has 3 N–H and O–H groups in total. The Bertz CT molecular complexity index is 143. The second-order valence-corrected chi connectivity index (χ2v) is 1.37. The smallest absolute Gasteiger partial charge is 0.323 e. The Balaban J connectivity index is 2.64. The second kappa shape index (κ2) is 1.45. The lowest BCUT2D eigenvalue weighted by atomic mass is 10.6. The number of nitrogens with one attached hydrogen (secondary N) is 2. The maximum absolute atomic E-state index is 10.1. The molecule has 0 radical (unpaired) electrons. The molecular formula is C3H4N2O3. The highest BCUT2D eigenvalue weighted by Crippen LogP contribution is 1.84. The highest BCUT2D eigenvalue weighted by atomic mass is 16.3. The quantitative estimate of drug-likeness (QED) is 0.325. The molecule has 44 valence electrons. The Kier molecular flexibility index (Phi) is 0.911. The fourth-order valence-electron chi connectivity index (χ4n) is 0.406. The zero-order valence-corrected chi connectivity index (χ0v) is 3.84. The molecule has 0 aromatic carbocycles. The molecule has 8 heavy (non-hydrogen) atoms. The molecule has 5 heteroatoms. The van der Waals surface area contributed by atoms with Gasteiger partial charge in [0.1, 0.15) is 0 Å². The van der Waals surface area contributed by atoms with Gasteiger partial charge in [0.15, 0.2) is 0 Å². The van der Waals surface area contributed by atoms with Crippen LogP contribution in [-0.4, -0.2) is 23.3 Å². The number of urea groups is 1. The van der Waals surface area contributed by atoms with Crippen molar-refractivity contribution in [3.8, 4) is 0 Å². The van der Waals surface area contributed by atoms with E-state index in [4.69, 9.17) is 5.11 Å². The molecule has 1 fully saturated rings. The van der Waals surface area contributed by atoms with Crippen LogP contribution in [-0.2, 0) is 4.79 Å². The summed E-state index contributed by atoms with van der Waals surface area (Å²) in [5, 5.41) is 12.2. The summed E-state index contributed by atoms with van der Waals surface area (Å²) in [6, 6.07) is -0.650. The van der Waals surface area contributed by atoms with Crippen LogP contribution >= 0.6 is 0 Å². The topological polar surface area (TPSA) is 78.4 Å². The summed E-state index contributed by atoms with van der Waals surface area (Å²) in [7, 11) is 0. The van der Waals surface area contributed by atoms with Gasteiger partial charge in [-0.3, -0.25) is 10.1 Å². The van der Waals surface area contributed by atoms with E-state index >= 15 is 0 Å². The van der Waals surface area contributed by atoms with Gasteiger partial charge >= 0.3 is 6.03 Å². The number of hydrogen-bond donors (Lipinski definition) is 3. The number of carbonyl (C=O) groups excluding carboxylic acids is 2. The summed E-state index contributed by atoms with van der Waals surface area (Å²) in [4.78, 5) is 20.2. The van der Waals surface area contributed by atoms with Gasteiger partial charge in [-0.15, -0.1) is 0 Å². The van der Waals surface area contributed by atoms with E-state index in [0.29, 0.717) is 0 Å². The third-order valence-corrected chi connectivity index (χ3v) is 0.753. The summed E-state index contributed by atoms with van der Waals surface area (Å²) in [6.07, 6.45) is -1.36. The number of imide groups is 1. The third kappa shape index (κ3) is 0.627. The molecule has 0 bridgehead atoms. The number of amides is 3. The highest BCUT2D eigenvalue weighted by molar-refractivity contribution is 6.03. The number of hydrogen-bond acceptors (Lipinski definition) is 3. The molecule has 0 spiro atoms. The van der Waals surface area contributed by atoms with Gasteiger partial charge in [0.25, 0.3) is 5.91 Å². The molecule has 0 unspecified atom stereocenters. The molecule has 1 aliphatic heterocycles. The van der Waals surface area contributed by atoms with E-state index < -0.39 is 18.2 Å². The van der Waals surface area contributed by atoms with E-state index in [9.17, 15) is 9.59 Å². The summed E-state index contributed by atoms with van der Waals surface area (Å²) in [5.41, 5.74) is 0. The van der Waals surface area contributed by atoms with Crippen molar-refractivity contribution in [1.82, 2.24) is 10.6 Å². The minimum atomic E-state index is -1.36. The third-order valence-electron chi connectivity index (χ3n) is 0.753. The predicted molar refractivity (Wildman–Crippen MR) is 22.7 cm³/mol. The van der Waals surface area contributed by atoms with Crippen LogP contribution in [0.5, 0.6) is 0 Å². The minimum Gasteiger partial charge on any atom is -0.365 e. The lowest BCUT2D eigenvalue weighted by molar-refractivity contribution is -0.126. The van der Waals surface area contributed by atoms with Crippen LogP contribution in [0.1, 0.15) is 0 Å². The molecule has 0 aromatic rings. The Labute approximate surface area is 44.7 Å². The summed E-state index contributed by atoms with van der Waals surface area (Å²) < 4.78 is 0. The van der Waals surface area contributed by atoms with Crippen LogP contribution in [0.2, 0.25) is 0 Å². The Morgan fingerprint density at radius 3 is 2.25 bits per heavy atom. The summed E-state index contributed by atoms with van der Waals surface area (Å²) in [6.45, 7) is 0. The molecule has 1 saturated heterocycles. The van der Waals surface area contributed by atoms with Gasteiger partial charge in [-0.1, -0.05) is 0 Å². The molecule has 1 heterocycles. The van der Waals surface area contributed by atoms with Gasteiger partial charge in [-0.2, -0.15) is 0 Å². The van der Waals surface area contributed by atoms with Crippen molar-refractivity contribution in [1.29, 1.82) is 0 Å². The maximum Gasteiger partial charge on any atom is 0.323 e. The molecule has 0 aliphatic carbocycles. The van der Waals surface area contributed by atoms with E-state index in [0.717, 1.165) is 0 Å². The van der Waals surface area contributed by atoms with Crippen molar-refractivity contribution in [2.75, 3.05) is 0 Å². The van der Waals surface area contributed by atoms with Crippen molar-refractivity contribution in [3.63, 3.8) is 0 Å². The van der Waals surface area contributed by atoms with Gasteiger partial charge < -0.3 is 10.4 Å². The average molecular weight is 116 g/mol. The first-order valence-corrected chi connectivity index (χ1v) is 1.99. The summed E-state index contributed by atoms with van der Waals surface area (Å²) >= 11 is 0. The molecular weight excluding hydrogens is 112 g/mol. The van der Waals surface area contributed by atoms with Crippen molar-refractivity contribution in [2.45, 2.75) is 6.23 Å². The van der Waals surface area contributed by atoms with Crippen LogP contribution < -0.4 is 10.6 Å². The van der Waals surface area contributed by atoms with Crippen LogP contribution in [0.3, 0.4) is 0 Å². The number of aliphatic hydroxyl groups is 1. The van der Waals surface area contributed by atoms with Gasteiger partial charge in [0, 0.05) is 0 Å². The molecule has 0 aromatic heterocycles. The molecule has 1 atom stereocenters. The van der Waals surface area contributed by atoms with Crippen LogP contribution in [0.25, 0.3) is 0 Å². The van der Waals surface area contributed by atoms with E-state index in [1.54, 1.807) is 0 Å². The predicted octanol–water partition coefficient (Wildman–Crippen LogP) is -1.86. The summed E-state index contributed by atoms with van der Waals surface area (Å²) in [5.74, 6) is -0.699. The zero-order chi connectivity index (χ0) is 6.15. The largest absolute Gasteiger partial charge is 0.365 e. The fourth-order valence-corrected chi connectivity index (χ4v) is 0.406. The molecule has 0 saturated carbocycles. The Morgan fingerprint density at radius 1 is 1.50 bits per heavy atom. The molecule has 3 amide bonds. The van der Waals surface area contributed by atoms with Crippen molar-refractivity contribution in [2.24, 2.45) is 0 Å². The van der Waals surface area contributed by atoms with Crippen molar-refractivity contribution >= 4 is 11.9 Å². The van der Waals surface area contributed by atoms with E-state index in [1.165, 1.54) is 0 Å². The monoisotopic (exact) mass is 116 g/mol. The standard InChI is InChI=1S/C3H4N2O3/c6-1-2(7)5-3(8)4-1/h1,6H,(H2,4,5,7,8)/t1-/m0/s1. The van der Waals surface area contributed by atoms with E-state index in [2.05, 4.69) is 0 Å². The van der Waals surface area contributed by atoms with E-state index in [-0.39, 0.29) is 0 Å². The minimum absolute atomic E-state index is 0.650. The molecule has 1 aliphatic rings. The SMILES string of the molecule is O=C1NC(=O)[C@H](O)N1. The van der Waals surface area contributed by atoms with Crippen LogP contribution in [0.4, 0.5) is 4.79 Å². The Hall–Kier alpha value is -1.10. The fraction of sp³-hybridized carbons (Fsp3) is 0.333. The van der Waals surface area contributed by atoms with Gasteiger partial charge in [-0.05, 0) is 0 Å². The van der Waals surface area contributed by atoms with Gasteiger partial charge in [0.2, 0.25) is 6.23 Å².